The molecule has 0 rings (SSSR count). The first kappa shape index (κ1) is 33.9. The van der Waals surface area contributed by atoms with E-state index in [2.05, 4.69) is 72.2 Å². The number of hydrogen-bond acceptors (Lipinski definition) is 7. The Morgan fingerprint density at radius 1 is 0.833 bits per heavy atom. The van der Waals surface area contributed by atoms with Gasteiger partial charge in [0.1, 0.15) is 6.10 Å². The van der Waals surface area contributed by atoms with E-state index in [0.29, 0.717) is 6.42 Å². The molecule has 0 aromatic rings. The second-order valence-corrected chi connectivity index (χ2v) is 9.09. The molecule has 0 aliphatic carbocycles. The standard InChI is InChI=1S/C27H44NO7P/c1-2-3-4-5-6-7-8-9-10-11-12-13-14-15-16-17-18-19-20-21-27(30)35-26(24-29)25-34-36(31,32)33-23-22-28/h3-4,6-7,9-10,12-13,15-16,18-19,26,29H,2,5,8,11,14,17,20-25,28H2,1H3,(H,31,32)/b4-3-,7-6-,10-9-,13-12-,16-15-,19-18-. The second kappa shape index (κ2) is 24.6. The largest absolute Gasteiger partial charge is 0.472 e. The highest BCUT2D eigenvalue weighted by Gasteiger charge is 2.24. The fourth-order valence-corrected chi connectivity index (χ4v) is 3.36. The van der Waals surface area contributed by atoms with Crippen molar-refractivity contribution in [3.05, 3.63) is 72.9 Å². The first-order valence-electron chi connectivity index (χ1n) is 12.5. The Hall–Kier alpha value is -2.06. The normalized spacial score (nSPS) is 15.3. The van der Waals surface area contributed by atoms with Gasteiger partial charge in [-0.15, -0.1) is 0 Å². The van der Waals surface area contributed by atoms with Crippen molar-refractivity contribution in [3.63, 3.8) is 0 Å². The first-order valence-corrected chi connectivity index (χ1v) is 14.0. The summed E-state index contributed by atoms with van der Waals surface area (Å²) in [4.78, 5) is 21.3. The Morgan fingerprint density at radius 3 is 1.75 bits per heavy atom. The molecule has 2 atom stereocenters. The first-order chi connectivity index (χ1) is 17.4. The van der Waals surface area contributed by atoms with Gasteiger partial charge in [0, 0.05) is 13.0 Å². The molecular formula is C27H44NO7P. The molecule has 0 heterocycles. The lowest BCUT2D eigenvalue weighted by Crippen LogP contribution is -2.27. The maximum atomic E-state index is 11.9. The van der Waals surface area contributed by atoms with Gasteiger partial charge >= 0.3 is 13.8 Å². The van der Waals surface area contributed by atoms with Gasteiger partial charge < -0.3 is 20.5 Å². The van der Waals surface area contributed by atoms with Crippen LogP contribution in [-0.2, 0) is 23.1 Å². The Kier molecular flexibility index (Phi) is 23.2. The number of phosphoric acid groups is 1. The fraction of sp³-hybridized carbons (Fsp3) is 0.519. The van der Waals surface area contributed by atoms with E-state index in [0.717, 1.165) is 38.5 Å². The lowest BCUT2D eigenvalue weighted by molar-refractivity contribution is -0.153. The molecule has 0 fully saturated rings. The molecule has 0 aromatic carbocycles. The zero-order valence-electron chi connectivity index (χ0n) is 21.5. The van der Waals surface area contributed by atoms with Crippen LogP contribution in [0, 0.1) is 0 Å². The number of rotatable bonds is 22. The average molecular weight is 526 g/mol. The van der Waals surface area contributed by atoms with Crippen molar-refractivity contribution >= 4 is 13.8 Å². The summed E-state index contributed by atoms with van der Waals surface area (Å²) in [6, 6.07) is 0. The Balaban J connectivity index is 3.87. The highest BCUT2D eigenvalue weighted by Crippen LogP contribution is 2.42. The SMILES string of the molecule is CC/C=C\C/C=C\C/C=C\C/C=C\C/C=C\C/C=C\CCC(=O)OC(CO)COP(=O)(O)OCCN. The number of hydrogen-bond donors (Lipinski definition) is 3. The van der Waals surface area contributed by atoms with Crippen molar-refractivity contribution < 1.29 is 33.1 Å². The van der Waals surface area contributed by atoms with E-state index < -0.39 is 33.1 Å². The van der Waals surface area contributed by atoms with Gasteiger partial charge in [-0.3, -0.25) is 13.8 Å². The second-order valence-electron chi connectivity index (χ2n) is 7.63. The number of phosphoric ester groups is 1. The van der Waals surface area contributed by atoms with Crippen molar-refractivity contribution in [1.29, 1.82) is 0 Å². The number of carbonyl (C=O) groups excluding carboxylic acids is 1. The van der Waals surface area contributed by atoms with E-state index in [4.69, 9.17) is 15.0 Å². The molecular weight excluding hydrogens is 481 g/mol. The van der Waals surface area contributed by atoms with Crippen LogP contribution in [0.3, 0.4) is 0 Å². The van der Waals surface area contributed by atoms with Crippen LogP contribution in [0.25, 0.3) is 0 Å². The van der Waals surface area contributed by atoms with Gasteiger partial charge in [0.05, 0.1) is 19.8 Å². The molecule has 2 unspecified atom stereocenters. The fourth-order valence-electron chi connectivity index (χ4n) is 2.59. The molecule has 4 N–H and O–H groups in total. The van der Waals surface area contributed by atoms with E-state index in [1.165, 1.54) is 0 Å². The molecule has 0 bridgehead atoms. The van der Waals surface area contributed by atoms with Crippen molar-refractivity contribution in [2.24, 2.45) is 5.73 Å². The summed E-state index contributed by atoms with van der Waals surface area (Å²) in [6.45, 7) is 1.04. The van der Waals surface area contributed by atoms with Gasteiger partial charge in [0.25, 0.3) is 0 Å². The number of allylic oxidation sites excluding steroid dienone is 12. The number of aliphatic hydroxyl groups excluding tert-OH is 1. The number of esters is 1. The summed E-state index contributed by atoms with van der Waals surface area (Å²) in [5.74, 6) is -0.534. The molecule has 9 heteroatoms. The summed E-state index contributed by atoms with van der Waals surface area (Å²) in [5.41, 5.74) is 5.19. The Morgan fingerprint density at radius 2 is 1.31 bits per heavy atom. The topological polar surface area (TPSA) is 128 Å². The lowest BCUT2D eigenvalue weighted by atomic mass is 10.2. The van der Waals surface area contributed by atoms with Crippen molar-refractivity contribution in [3.8, 4) is 0 Å². The minimum Gasteiger partial charge on any atom is -0.457 e. The zero-order valence-corrected chi connectivity index (χ0v) is 22.3. The third-order valence-electron chi connectivity index (χ3n) is 4.41. The van der Waals surface area contributed by atoms with Gasteiger partial charge in [-0.1, -0.05) is 79.8 Å². The van der Waals surface area contributed by atoms with Crippen LogP contribution in [0.15, 0.2) is 72.9 Å². The average Bonchev–Trinajstić information content (AvgIpc) is 2.86. The maximum absolute atomic E-state index is 11.9. The van der Waals surface area contributed by atoms with E-state index in [-0.39, 0.29) is 19.6 Å². The van der Waals surface area contributed by atoms with E-state index in [1.54, 1.807) is 0 Å². The molecule has 0 saturated heterocycles. The highest BCUT2D eigenvalue weighted by molar-refractivity contribution is 7.47. The van der Waals surface area contributed by atoms with Gasteiger partial charge in [0.15, 0.2) is 0 Å². The van der Waals surface area contributed by atoms with E-state index in [9.17, 15) is 19.4 Å². The van der Waals surface area contributed by atoms with Gasteiger partial charge in [-0.05, 0) is 44.9 Å². The van der Waals surface area contributed by atoms with Crippen LogP contribution >= 0.6 is 7.82 Å². The summed E-state index contributed by atoms with van der Waals surface area (Å²) >= 11 is 0. The van der Waals surface area contributed by atoms with Gasteiger partial charge in [0.2, 0.25) is 0 Å². The quantitative estimate of drug-likeness (QED) is 0.0966. The van der Waals surface area contributed by atoms with Crippen LogP contribution in [0.5, 0.6) is 0 Å². The van der Waals surface area contributed by atoms with Gasteiger partial charge in [-0.2, -0.15) is 0 Å². The van der Waals surface area contributed by atoms with Crippen molar-refractivity contribution in [1.82, 2.24) is 0 Å². The number of ether oxygens (including phenoxy) is 1. The Labute approximate surface area is 216 Å². The van der Waals surface area contributed by atoms with E-state index in [1.807, 2.05) is 12.2 Å². The third kappa shape index (κ3) is 23.7. The molecule has 0 amide bonds. The number of nitrogens with two attached hydrogens (primary N) is 1. The summed E-state index contributed by atoms with van der Waals surface area (Å²) in [5, 5.41) is 9.26. The maximum Gasteiger partial charge on any atom is 0.472 e. The molecule has 36 heavy (non-hydrogen) atoms. The van der Waals surface area contributed by atoms with E-state index >= 15 is 0 Å². The minimum atomic E-state index is -4.29. The predicted octanol–water partition coefficient (Wildman–Crippen LogP) is 5.46. The lowest BCUT2D eigenvalue weighted by Gasteiger charge is -2.17. The summed E-state index contributed by atoms with van der Waals surface area (Å²) in [6.07, 6.45) is 30.5. The molecule has 0 spiro atoms. The van der Waals surface area contributed by atoms with Crippen molar-refractivity contribution in [2.45, 2.75) is 64.4 Å². The molecule has 0 aliphatic heterocycles. The number of aliphatic hydroxyl groups is 1. The van der Waals surface area contributed by atoms with Crippen LogP contribution in [0.1, 0.15) is 58.3 Å². The monoisotopic (exact) mass is 525 g/mol. The zero-order chi connectivity index (χ0) is 26.7. The molecule has 0 saturated carbocycles. The van der Waals surface area contributed by atoms with Crippen LogP contribution in [0.4, 0.5) is 0 Å². The smallest absolute Gasteiger partial charge is 0.457 e. The highest BCUT2D eigenvalue weighted by atomic mass is 31.2. The number of carbonyl (C=O) groups is 1. The molecule has 8 nitrogen and oxygen atoms in total. The molecule has 204 valence electrons. The predicted molar refractivity (Wildman–Crippen MR) is 145 cm³/mol. The minimum absolute atomic E-state index is 0.0565. The van der Waals surface area contributed by atoms with Crippen LogP contribution in [0.2, 0.25) is 0 Å². The van der Waals surface area contributed by atoms with Crippen LogP contribution in [-0.4, -0.2) is 48.4 Å². The third-order valence-corrected chi connectivity index (χ3v) is 5.39. The molecule has 0 aliphatic rings. The summed E-state index contributed by atoms with van der Waals surface area (Å²) in [7, 11) is -4.29. The molecule has 0 radical (unpaired) electrons. The van der Waals surface area contributed by atoms with Crippen LogP contribution < -0.4 is 5.73 Å². The van der Waals surface area contributed by atoms with Crippen molar-refractivity contribution in [2.75, 3.05) is 26.4 Å². The Bertz CT molecular complexity index is 772. The summed E-state index contributed by atoms with van der Waals surface area (Å²) < 4.78 is 25.9. The molecule has 0 aromatic heterocycles. The van der Waals surface area contributed by atoms with Gasteiger partial charge in [-0.25, -0.2) is 4.57 Å².